The number of rotatable bonds is 1. The Morgan fingerprint density at radius 2 is 1.95 bits per heavy atom. The SMILES string of the molecule is O=C1/C(=C/c2cccnc2)CCCc2ccccc21. The summed E-state index contributed by atoms with van der Waals surface area (Å²) in [5, 5.41) is 0. The summed E-state index contributed by atoms with van der Waals surface area (Å²) in [5.74, 6) is 0.164. The molecule has 0 aliphatic heterocycles. The van der Waals surface area contributed by atoms with Gasteiger partial charge in [-0.05, 0) is 42.5 Å². The van der Waals surface area contributed by atoms with Crippen LogP contribution >= 0.6 is 0 Å². The molecule has 2 heteroatoms. The number of nitrogens with zero attached hydrogens (tertiary/aromatic N) is 1. The first kappa shape index (κ1) is 11.8. The van der Waals surface area contributed by atoms with Crippen molar-refractivity contribution in [1.82, 2.24) is 4.98 Å². The molecule has 0 amide bonds. The summed E-state index contributed by atoms with van der Waals surface area (Å²) in [6, 6.07) is 11.8. The van der Waals surface area contributed by atoms with Crippen LogP contribution in [0.25, 0.3) is 6.08 Å². The third-order valence-electron chi connectivity index (χ3n) is 3.47. The van der Waals surface area contributed by atoms with E-state index < -0.39 is 0 Å². The average Bonchev–Trinajstić information content (AvgIpc) is 2.61. The monoisotopic (exact) mass is 249 g/mol. The fourth-order valence-electron chi connectivity index (χ4n) is 2.52. The van der Waals surface area contributed by atoms with Crippen LogP contribution in [-0.2, 0) is 6.42 Å². The van der Waals surface area contributed by atoms with Gasteiger partial charge in [0.2, 0.25) is 0 Å². The van der Waals surface area contributed by atoms with Gasteiger partial charge in [-0.25, -0.2) is 0 Å². The van der Waals surface area contributed by atoms with Gasteiger partial charge in [0.05, 0.1) is 0 Å². The molecule has 0 fully saturated rings. The van der Waals surface area contributed by atoms with Crippen molar-refractivity contribution < 1.29 is 4.79 Å². The molecule has 2 aromatic rings. The van der Waals surface area contributed by atoms with Crippen molar-refractivity contribution in [2.45, 2.75) is 19.3 Å². The third kappa shape index (κ3) is 2.48. The Bertz CT molecular complexity index is 629. The Morgan fingerprint density at radius 1 is 1.05 bits per heavy atom. The van der Waals surface area contributed by atoms with Gasteiger partial charge >= 0.3 is 0 Å². The molecule has 0 spiro atoms. The van der Waals surface area contributed by atoms with E-state index in [4.69, 9.17) is 0 Å². The third-order valence-corrected chi connectivity index (χ3v) is 3.47. The zero-order chi connectivity index (χ0) is 13.1. The number of fused-ring (bicyclic) bond motifs is 1. The molecule has 0 atom stereocenters. The lowest BCUT2D eigenvalue weighted by Crippen LogP contribution is -2.03. The largest absolute Gasteiger partial charge is 0.289 e. The number of hydrogen-bond acceptors (Lipinski definition) is 2. The summed E-state index contributed by atoms with van der Waals surface area (Å²) in [7, 11) is 0. The molecule has 0 N–H and O–H groups in total. The molecule has 0 radical (unpaired) electrons. The van der Waals surface area contributed by atoms with Crippen LogP contribution in [0.3, 0.4) is 0 Å². The van der Waals surface area contributed by atoms with Crippen LogP contribution in [-0.4, -0.2) is 10.8 Å². The summed E-state index contributed by atoms with van der Waals surface area (Å²) in [6.45, 7) is 0. The summed E-state index contributed by atoms with van der Waals surface area (Å²) in [5.41, 5.74) is 3.90. The maximum atomic E-state index is 12.6. The molecule has 0 bridgehead atoms. The van der Waals surface area contributed by atoms with E-state index in [9.17, 15) is 4.79 Å². The first-order valence-corrected chi connectivity index (χ1v) is 6.58. The Kier molecular flexibility index (Phi) is 3.23. The van der Waals surface area contributed by atoms with E-state index in [0.717, 1.165) is 36.0 Å². The predicted octanol–water partition coefficient (Wildman–Crippen LogP) is 3.68. The zero-order valence-corrected chi connectivity index (χ0v) is 10.7. The number of carbonyl (C=O) groups excluding carboxylic acids is 1. The van der Waals surface area contributed by atoms with Crippen LogP contribution in [0.5, 0.6) is 0 Å². The minimum absolute atomic E-state index is 0.164. The molecule has 1 heterocycles. The molecular formula is C17H15NO. The predicted molar refractivity (Wildman–Crippen MR) is 75.9 cm³/mol. The Hall–Kier alpha value is -2.22. The molecular weight excluding hydrogens is 234 g/mol. The molecule has 0 saturated heterocycles. The van der Waals surface area contributed by atoms with Crippen LogP contribution in [0, 0.1) is 0 Å². The number of ketones is 1. The lowest BCUT2D eigenvalue weighted by molar-refractivity contribution is 0.103. The molecule has 1 aromatic heterocycles. The van der Waals surface area contributed by atoms with E-state index in [2.05, 4.69) is 11.1 Å². The lowest BCUT2D eigenvalue weighted by Gasteiger charge is -2.04. The van der Waals surface area contributed by atoms with Crippen LogP contribution in [0.2, 0.25) is 0 Å². The number of aryl methyl sites for hydroxylation is 1. The fourth-order valence-corrected chi connectivity index (χ4v) is 2.52. The van der Waals surface area contributed by atoms with Crippen molar-refractivity contribution in [3.63, 3.8) is 0 Å². The first-order chi connectivity index (χ1) is 9.34. The highest BCUT2D eigenvalue weighted by molar-refractivity contribution is 6.12. The number of hydrogen-bond donors (Lipinski definition) is 0. The van der Waals surface area contributed by atoms with E-state index in [1.54, 1.807) is 12.4 Å². The maximum Gasteiger partial charge on any atom is 0.189 e. The smallest absolute Gasteiger partial charge is 0.189 e. The fraction of sp³-hybridized carbons (Fsp3) is 0.176. The number of benzene rings is 1. The van der Waals surface area contributed by atoms with Crippen molar-refractivity contribution in [3.05, 3.63) is 71.1 Å². The maximum absolute atomic E-state index is 12.6. The first-order valence-electron chi connectivity index (χ1n) is 6.58. The number of allylic oxidation sites excluding steroid dienone is 1. The van der Waals surface area contributed by atoms with E-state index in [1.165, 1.54) is 5.56 Å². The van der Waals surface area contributed by atoms with E-state index in [0.29, 0.717) is 0 Å². The minimum Gasteiger partial charge on any atom is -0.289 e. The summed E-state index contributed by atoms with van der Waals surface area (Å²) in [6.07, 6.45) is 8.34. The summed E-state index contributed by atoms with van der Waals surface area (Å²) >= 11 is 0. The molecule has 1 aliphatic carbocycles. The highest BCUT2D eigenvalue weighted by Crippen LogP contribution is 2.25. The van der Waals surface area contributed by atoms with Gasteiger partial charge < -0.3 is 0 Å². The van der Waals surface area contributed by atoms with Gasteiger partial charge in [-0.1, -0.05) is 30.3 Å². The summed E-state index contributed by atoms with van der Waals surface area (Å²) < 4.78 is 0. The second-order valence-corrected chi connectivity index (χ2v) is 4.80. The van der Waals surface area contributed by atoms with Crippen LogP contribution < -0.4 is 0 Å². The minimum atomic E-state index is 0.164. The summed E-state index contributed by atoms with van der Waals surface area (Å²) in [4.78, 5) is 16.6. The van der Waals surface area contributed by atoms with Crippen LogP contribution in [0.1, 0.15) is 34.3 Å². The topological polar surface area (TPSA) is 30.0 Å². The van der Waals surface area contributed by atoms with Crippen LogP contribution in [0.4, 0.5) is 0 Å². The Labute approximate surface area is 112 Å². The lowest BCUT2D eigenvalue weighted by atomic mass is 9.99. The molecule has 19 heavy (non-hydrogen) atoms. The molecule has 3 rings (SSSR count). The van der Waals surface area contributed by atoms with Crippen molar-refractivity contribution >= 4 is 11.9 Å². The quantitative estimate of drug-likeness (QED) is 0.570. The van der Waals surface area contributed by atoms with E-state index >= 15 is 0 Å². The van der Waals surface area contributed by atoms with Crippen molar-refractivity contribution in [3.8, 4) is 0 Å². The van der Waals surface area contributed by atoms with Gasteiger partial charge in [0.25, 0.3) is 0 Å². The number of Topliss-reactive ketones (excluding diaryl/α,β-unsaturated/α-hetero) is 1. The highest BCUT2D eigenvalue weighted by Gasteiger charge is 2.19. The van der Waals surface area contributed by atoms with Crippen molar-refractivity contribution in [2.24, 2.45) is 0 Å². The van der Waals surface area contributed by atoms with Gasteiger partial charge in [-0.3, -0.25) is 9.78 Å². The van der Waals surface area contributed by atoms with Crippen LogP contribution in [0.15, 0.2) is 54.4 Å². The van der Waals surface area contributed by atoms with Gasteiger partial charge in [0, 0.05) is 23.5 Å². The van der Waals surface area contributed by atoms with Gasteiger partial charge in [0.15, 0.2) is 5.78 Å². The Morgan fingerprint density at radius 3 is 2.79 bits per heavy atom. The average molecular weight is 249 g/mol. The Balaban J connectivity index is 2.01. The van der Waals surface area contributed by atoms with Gasteiger partial charge in [-0.15, -0.1) is 0 Å². The molecule has 1 aromatic carbocycles. The molecule has 1 aliphatic rings. The number of aromatic nitrogens is 1. The number of pyridine rings is 1. The molecule has 94 valence electrons. The second kappa shape index (κ2) is 5.19. The zero-order valence-electron chi connectivity index (χ0n) is 10.7. The molecule has 0 saturated carbocycles. The molecule has 0 unspecified atom stereocenters. The highest BCUT2D eigenvalue weighted by atomic mass is 16.1. The van der Waals surface area contributed by atoms with E-state index in [1.807, 2.05) is 36.4 Å². The number of carbonyl (C=O) groups is 1. The van der Waals surface area contributed by atoms with Gasteiger partial charge in [0.1, 0.15) is 0 Å². The second-order valence-electron chi connectivity index (χ2n) is 4.80. The molecule has 2 nitrogen and oxygen atoms in total. The normalized spacial score (nSPS) is 17.1. The van der Waals surface area contributed by atoms with Gasteiger partial charge in [-0.2, -0.15) is 0 Å². The van der Waals surface area contributed by atoms with Crippen molar-refractivity contribution in [2.75, 3.05) is 0 Å². The van der Waals surface area contributed by atoms with E-state index in [-0.39, 0.29) is 5.78 Å². The standard InChI is InChI=1S/C17H15NO/c19-17-15(11-13-5-4-10-18-12-13)8-3-7-14-6-1-2-9-16(14)17/h1-2,4-6,9-12H,3,7-8H2/b15-11+. The van der Waals surface area contributed by atoms with Crippen molar-refractivity contribution in [1.29, 1.82) is 0 Å².